The minimum Gasteiger partial charge on any atom is -0.166 e. The van der Waals surface area contributed by atoms with Crippen LogP contribution in [0.15, 0.2) is 41.8 Å². The average molecular weight is 277 g/mol. The van der Waals surface area contributed by atoms with E-state index in [1.165, 1.54) is 23.5 Å². The van der Waals surface area contributed by atoms with Crippen LogP contribution in [0.25, 0.3) is 0 Å². The highest BCUT2D eigenvalue weighted by atomic mass is 35.5. The van der Waals surface area contributed by atoms with Crippen LogP contribution >= 0.6 is 22.9 Å². The van der Waals surface area contributed by atoms with Crippen molar-refractivity contribution < 1.29 is 13.2 Å². The Bertz CT molecular complexity index is 491. The Hall–Kier alpha value is -1.00. The SMILES string of the molecule is FC(F)(F)c1ccccc1C(Cl)c1cccs1. The normalized spacial score (nSPS) is 13.6. The summed E-state index contributed by atoms with van der Waals surface area (Å²) in [7, 11) is 0. The van der Waals surface area contributed by atoms with Gasteiger partial charge in [0.05, 0.1) is 10.9 Å². The molecule has 1 atom stereocenters. The Morgan fingerprint density at radius 2 is 1.76 bits per heavy atom. The summed E-state index contributed by atoms with van der Waals surface area (Å²) in [5.74, 6) is 0. The lowest BCUT2D eigenvalue weighted by atomic mass is 10.0. The van der Waals surface area contributed by atoms with E-state index < -0.39 is 17.1 Å². The first-order chi connectivity index (χ1) is 8.00. The predicted molar refractivity (Wildman–Crippen MR) is 63.5 cm³/mol. The molecule has 0 bridgehead atoms. The Labute approximate surface area is 106 Å². The van der Waals surface area contributed by atoms with Crippen molar-refractivity contribution in [2.24, 2.45) is 0 Å². The standard InChI is InChI=1S/C12H8ClF3S/c13-11(10-6-3-7-17-10)8-4-1-2-5-9(8)12(14,15)16/h1-7,11H. The molecule has 0 radical (unpaired) electrons. The lowest BCUT2D eigenvalue weighted by molar-refractivity contribution is -0.138. The van der Waals surface area contributed by atoms with E-state index >= 15 is 0 Å². The second kappa shape index (κ2) is 4.70. The fourth-order valence-corrected chi connectivity index (χ4v) is 2.70. The van der Waals surface area contributed by atoms with Crippen molar-refractivity contribution in [2.75, 3.05) is 0 Å². The number of alkyl halides is 4. The van der Waals surface area contributed by atoms with E-state index in [2.05, 4.69) is 0 Å². The molecule has 1 unspecified atom stereocenters. The number of hydrogen-bond acceptors (Lipinski definition) is 1. The van der Waals surface area contributed by atoms with Crippen molar-refractivity contribution in [3.05, 3.63) is 57.8 Å². The van der Waals surface area contributed by atoms with Crippen molar-refractivity contribution in [3.8, 4) is 0 Å². The summed E-state index contributed by atoms with van der Waals surface area (Å²) in [4.78, 5) is 0.711. The zero-order valence-electron chi connectivity index (χ0n) is 8.54. The number of hydrogen-bond donors (Lipinski definition) is 0. The summed E-state index contributed by atoms with van der Waals surface area (Å²) in [6.45, 7) is 0. The summed E-state index contributed by atoms with van der Waals surface area (Å²) in [6.07, 6.45) is -4.37. The molecular formula is C12H8ClF3S. The summed E-state index contributed by atoms with van der Waals surface area (Å²) in [6, 6.07) is 8.90. The lowest BCUT2D eigenvalue weighted by Gasteiger charge is -2.15. The van der Waals surface area contributed by atoms with Gasteiger partial charge < -0.3 is 0 Å². The second-order valence-electron chi connectivity index (χ2n) is 3.46. The van der Waals surface area contributed by atoms with Crippen molar-refractivity contribution in [1.82, 2.24) is 0 Å². The molecule has 0 saturated carbocycles. The van der Waals surface area contributed by atoms with Gasteiger partial charge in [-0.15, -0.1) is 22.9 Å². The molecule has 5 heteroatoms. The van der Waals surface area contributed by atoms with Crippen LogP contribution in [0.1, 0.15) is 21.4 Å². The fraction of sp³-hybridized carbons (Fsp3) is 0.167. The highest BCUT2D eigenvalue weighted by Crippen LogP contribution is 2.40. The van der Waals surface area contributed by atoms with E-state index in [0.717, 1.165) is 6.07 Å². The van der Waals surface area contributed by atoms with Gasteiger partial charge in [-0.2, -0.15) is 13.2 Å². The molecule has 1 heterocycles. The van der Waals surface area contributed by atoms with Crippen LogP contribution in [0.3, 0.4) is 0 Å². The van der Waals surface area contributed by atoms with E-state index in [-0.39, 0.29) is 5.56 Å². The quantitative estimate of drug-likeness (QED) is 0.670. The Balaban J connectivity index is 2.46. The first-order valence-electron chi connectivity index (χ1n) is 4.84. The zero-order valence-corrected chi connectivity index (χ0v) is 10.1. The fourth-order valence-electron chi connectivity index (χ4n) is 1.56. The molecule has 17 heavy (non-hydrogen) atoms. The second-order valence-corrected chi connectivity index (χ2v) is 4.88. The molecule has 0 nitrogen and oxygen atoms in total. The third-order valence-corrected chi connectivity index (χ3v) is 3.87. The topological polar surface area (TPSA) is 0 Å². The molecule has 0 aliphatic rings. The summed E-state index contributed by atoms with van der Waals surface area (Å²) < 4.78 is 38.4. The molecule has 0 saturated heterocycles. The Morgan fingerprint density at radius 1 is 1.06 bits per heavy atom. The van der Waals surface area contributed by atoms with Crippen molar-refractivity contribution >= 4 is 22.9 Å². The number of rotatable bonds is 2. The van der Waals surface area contributed by atoms with Gasteiger partial charge in [-0.25, -0.2) is 0 Å². The van der Waals surface area contributed by atoms with Crippen molar-refractivity contribution in [2.45, 2.75) is 11.6 Å². The minimum absolute atomic E-state index is 0.101. The van der Waals surface area contributed by atoms with Crippen LogP contribution in [-0.2, 0) is 6.18 Å². The van der Waals surface area contributed by atoms with E-state index in [4.69, 9.17) is 11.6 Å². The van der Waals surface area contributed by atoms with E-state index in [1.807, 2.05) is 0 Å². The molecule has 0 spiro atoms. The van der Waals surface area contributed by atoms with Gasteiger partial charge in [-0.1, -0.05) is 24.3 Å². The molecule has 0 aliphatic heterocycles. The summed E-state index contributed by atoms with van der Waals surface area (Å²) >= 11 is 7.44. The Morgan fingerprint density at radius 3 is 2.35 bits per heavy atom. The van der Waals surface area contributed by atoms with Gasteiger partial charge in [0, 0.05) is 4.88 Å². The highest BCUT2D eigenvalue weighted by molar-refractivity contribution is 7.10. The molecule has 1 aromatic carbocycles. The highest BCUT2D eigenvalue weighted by Gasteiger charge is 2.34. The summed E-state index contributed by atoms with van der Waals surface area (Å²) in [5, 5.41) is 1.04. The third kappa shape index (κ3) is 2.64. The van der Waals surface area contributed by atoms with Gasteiger partial charge in [0.1, 0.15) is 0 Å². The monoisotopic (exact) mass is 276 g/mol. The van der Waals surface area contributed by atoms with Crippen LogP contribution in [0.2, 0.25) is 0 Å². The Kier molecular flexibility index (Phi) is 3.45. The van der Waals surface area contributed by atoms with Crippen LogP contribution in [-0.4, -0.2) is 0 Å². The first kappa shape index (κ1) is 12.5. The van der Waals surface area contributed by atoms with Gasteiger partial charge in [0.25, 0.3) is 0 Å². The molecule has 2 rings (SSSR count). The maximum Gasteiger partial charge on any atom is 0.416 e. The molecule has 0 N–H and O–H groups in total. The molecular weight excluding hydrogens is 269 g/mol. The molecule has 0 amide bonds. The lowest BCUT2D eigenvalue weighted by Crippen LogP contribution is -2.10. The van der Waals surface area contributed by atoms with Crippen LogP contribution < -0.4 is 0 Å². The maximum atomic E-state index is 12.8. The van der Waals surface area contributed by atoms with Gasteiger partial charge in [-0.05, 0) is 23.1 Å². The zero-order chi connectivity index (χ0) is 12.5. The van der Waals surface area contributed by atoms with Gasteiger partial charge in [-0.3, -0.25) is 0 Å². The van der Waals surface area contributed by atoms with Crippen molar-refractivity contribution in [1.29, 1.82) is 0 Å². The average Bonchev–Trinajstić information content (AvgIpc) is 2.80. The van der Waals surface area contributed by atoms with E-state index in [9.17, 15) is 13.2 Å². The van der Waals surface area contributed by atoms with Crippen LogP contribution in [0.4, 0.5) is 13.2 Å². The molecule has 1 aromatic heterocycles. The number of benzene rings is 1. The first-order valence-corrected chi connectivity index (χ1v) is 6.15. The minimum atomic E-state index is -4.37. The van der Waals surface area contributed by atoms with Gasteiger partial charge >= 0.3 is 6.18 Å². The third-order valence-electron chi connectivity index (χ3n) is 2.33. The summed E-state index contributed by atoms with van der Waals surface area (Å²) in [5.41, 5.74) is -0.572. The van der Waals surface area contributed by atoms with Crippen LogP contribution in [0, 0.1) is 0 Å². The van der Waals surface area contributed by atoms with Crippen LogP contribution in [0.5, 0.6) is 0 Å². The molecule has 2 aromatic rings. The largest absolute Gasteiger partial charge is 0.416 e. The van der Waals surface area contributed by atoms with Gasteiger partial charge in [0.15, 0.2) is 0 Å². The van der Waals surface area contributed by atoms with E-state index in [0.29, 0.717) is 4.88 Å². The number of thiophene rings is 1. The molecule has 0 fully saturated rings. The maximum absolute atomic E-state index is 12.8. The smallest absolute Gasteiger partial charge is 0.166 e. The molecule has 90 valence electrons. The van der Waals surface area contributed by atoms with Gasteiger partial charge in [0.2, 0.25) is 0 Å². The van der Waals surface area contributed by atoms with E-state index in [1.54, 1.807) is 23.6 Å². The molecule has 0 aliphatic carbocycles. The predicted octanol–water partition coefficient (Wildman–Crippen LogP) is 5.10. The number of halogens is 4. The van der Waals surface area contributed by atoms with Crippen molar-refractivity contribution in [3.63, 3.8) is 0 Å².